The predicted molar refractivity (Wildman–Crippen MR) is 144 cm³/mol. The second-order valence-corrected chi connectivity index (χ2v) is 10.1. The van der Waals surface area contributed by atoms with E-state index in [0.29, 0.717) is 19.0 Å². The molecule has 200 valence electrons. The molecule has 3 rings (SSSR count). The lowest BCUT2D eigenvalue weighted by Crippen LogP contribution is -2.47. The van der Waals surface area contributed by atoms with Crippen molar-refractivity contribution < 1.29 is 18.7 Å². The predicted octanol–water partition coefficient (Wildman–Crippen LogP) is 4.86. The molecule has 7 nitrogen and oxygen atoms in total. The molecule has 0 aliphatic carbocycles. The zero-order valence-corrected chi connectivity index (χ0v) is 22.5. The second kappa shape index (κ2) is 12.8. The van der Waals surface area contributed by atoms with Crippen LogP contribution in [0.3, 0.4) is 0 Å². The first kappa shape index (κ1) is 28.3. The van der Waals surface area contributed by atoms with Crippen LogP contribution in [-0.2, 0) is 16.1 Å². The van der Waals surface area contributed by atoms with Gasteiger partial charge in [0.15, 0.2) is 0 Å². The number of carbonyl (C=O) groups excluding carboxylic acids is 1. The third-order valence-electron chi connectivity index (χ3n) is 6.15. The average molecular weight is 511 g/mol. The van der Waals surface area contributed by atoms with E-state index in [0.717, 1.165) is 22.6 Å². The monoisotopic (exact) mass is 510 g/mol. The van der Waals surface area contributed by atoms with Gasteiger partial charge in [0, 0.05) is 31.5 Å². The number of alkyl halides is 1. The highest BCUT2D eigenvalue weighted by Gasteiger charge is 2.39. The smallest absolute Gasteiger partial charge is 0.249 e. The number of imidazole rings is 1. The van der Waals surface area contributed by atoms with Gasteiger partial charge in [0.05, 0.1) is 25.4 Å². The zero-order valence-electron chi connectivity index (χ0n) is 22.5. The van der Waals surface area contributed by atoms with Crippen LogP contribution in [0.15, 0.2) is 60.8 Å². The van der Waals surface area contributed by atoms with Crippen molar-refractivity contribution in [1.29, 1.82) is 0 Å². The number of ether oxygens (including phenoxy) is 2. The van der Waals surface area contributed by atoms with Gasteiger partial charge in [0.2, 0.25) is 5.91 Å². The molecular weight excluding hydrogens is 471 g/mol. The first-order valence-corrected chi connectivity index (χ1v) is 12.6. The molecule has 1 aromatic heterocycles. The molecule has 0 saturated heterocycles. The Hall–Kier alpha value is -3.23. The van der Waals surface area contributed by atoms with Crippen LogP contribution < -0.4 is 10.5 Å². The molecule has 2 N–H and O–H groups in total. The fourth-order valence-corrected chi connectivity index (χ4v) is 4.38. The largest absolute Gasteiger partial charge is 0.497 e. The van der Waals surface area contributed by atoms with E-state index in [-0.39, 0.29) is 25.6 Å². The standard InChI is InChI=1S/C29H39FN4O3/c1-6-37-20-26(35)34(18-23(30)16-31)27(29(2,3)4)28-32-25(22-13-10-14-24(15-22)36-5)19-33(28)17-21-11-8-7-9-12-21/h7-15,19,23,27H,6,16-18,20,31H2,1-5H3/t23-,27+/m1/s1. The van der Waals surface area contributed by atoms with Crippen LogP contribution in [0.25, 0.3) is 11.3 Å². The summed E-state index contributed by atoms with van der Waals surface area (Å²) in [5.41, 5.74) is 7.88. The normalized spacial score (nSPS) is 13.3. The minimum atomic E-state index is -1.37. The summed E-state index contributed by atoms with van der Waals surface area (Å²) in [6, 6.07) is 17.2. The summed E-state index contributed by atoms with van der Waals surface area (Å²) in [5.74, 6) is 1.10. The van der Waals surface area contributed by atoms with E-state index in [1.807, 2.05) is 88.5 Å². The Balaban J connectivity index is 2.18. The van der Waals surface area contributed by atoms with E-state index in [1.165, 1.54) is 0 Å². The minimum absolute atomic E-state index is 0.136. The summed E-state index contributed by atoms with van der Waals surface area (Å²) in [6.07, 6.45) is 0.613. The summed E-state index contributed by atoms with van der Waals surface area (Å²) in [5, 5.41) is 0. The molecule has 0 radical (unpaired) electrons. The molecule has 1 heterocycles. The van der Waals surface area contributed by atoms with Crippen molar-refractivity contribution in [2.75, 3.05) is 33.4 Å². The summed E-state index contributed by atoms with van der Waals surface area (Å²) in [7, 11) is 1.63. The Morgan fingerprint density at radius 1 is 1.16 bits per heavy atom. The zero-order chi connectivity index (χ0) is 27.0. The number of methoxy groups -OCH3 is 1. The van der Waals surface area contributed by atoms with E-state index >= 15 is 0 Å². The van der Waals surface area contributed by atoms with E-state index in [2.05, 4.69) is 4.57 Å². The van der Waals surface area contributed by atoms with Crippen molar-refractivity contribution in [1.82, 2.24) is 14.5 Å². The molecular formula is C29H39FN4O3. The molecule has 0 bridgehead atoms. The fraction of sp³-hybridized carbons (Fsp3) is 0.448. The van der Waals surface area contributed by atoms with Crippen LogP contribution in [0, 0.1) is 5.41 Å². The van der Waals surface area contributed by atoms with Crippen LogP contribution >= 0.6 is 0 Å². The van der Waals surface area contributed by atoms with E-state index in [4.69, 9.17) is 20.2 Å². The number of benzene rings is 2. The van der Waals surface area contributed by atoms with E-state index in [1.54, 1.807) is 12.0 Å². The molecule has 37 heavy (non-hydrogen) atoms. The number of amides is 1. The van der Waals surface area contributed by atoms with Gasteiger partial charge in [0.25, 0.3) is 0 Å². The van der Waals surface area contributed by atoms with E-state index < -0.39 is 17.6 Å². The topological polar surface area (TPSA) is 82.6 Å². The van der Waals surface area contributed by atoms with Crippen molar-refractivity contribution in [2.45, 2.75) is 46.5 Å². The molecule has 0 fully saturated rings. The summed E-state index contributed by atoms with van der Waals surface area (Å²) in [4.78, 5) is 20.0. The van der Waals surface area contributed by atoms with E-state index in [9.17, 15) is 9.18 Å². The molecule has 0 unspecified atom stereocenters. The summed E-state index contributed by atoms with van der Waals surface area (Å²) >= 11 is 0. The Bertz CT molecular complexity index is 1140. The van der Waals surface area contributed by atoms with Gasteiger partial charge >= 0.3 is 0 Å². The first-order chi connectivity index (χ1) is 17.7. The Labute approximate surface area is 219 Å². The molecule has 1 amide bonds. The highest BCUT2D eigenvalue weighted by molar-refractivity contribution is 5.78. The number of hydrogen-bond donors (Lipinski definition) is 1. The van der Waals surface area contributed by atoms with Crippen LogP contribution in [0.2, 0.25) is 0 Å². The van der Waals surface area contributed by atoms with Crippen molar-refractivity contribution in [3.63, 3.8) is 0 Å². The number of halogens is 1. The second-order valence-electron chi connectivity index (χ2n) is 10.1. The number of nitrogens with zero attached hydrogens (tertiary/aromatic N) is 3. The van der Waals surface area contributed by atoms with Crippen LogP contribution in [-0.4, -0.2) is 59.9 Å². The first-order valence-electron chi connectivity index (χ1n) is 12.6. The summed E-state index contributed by atoms with van der Waals surface area (Å²) in [6.45, 7) is 8.39. The van der Waals surface area contributed by atoms with Crippen molar-refractivity contribution in [2.24, 2.45) is 11.1 Å². The molecule has 0 aliphatic rings. The fourth-order valence-electron chi connectivity index (χ4n) is 4.38. The third-order valence-corrected chi connectivity index (χ3v) is 6.15. The number of aromatic nitrogens is 2. The maximum Gasteiger partial charge on any atom is 0.249 e. The molecule has 2 atom stereocenters. The average Bonchev–Trinajstić information content (AvgIpc) is 3.29. The van der Waals surface area contributed by atoms with Gasteiger partial charge < -0.3 is 24.7 Å². The molecule has 0 aliphatic heterocycles. The van der Waals surface area contributed by atoms with Gasteiger partial charge in [-0.3, -0.25) is 4.79 Å². The number of nitrogens with two attached hydrogens (primary N) is 1. The number of hydrogen-bond acceptors (Lipinski definition) is 5. The Morgan fingerprint density at radius 3 is 2.51 bits per heavy atom. The van der Waals surface area contributed by atoms with Crippen molar-refractivity contribution in [3.8, 4) is 17.0 Å². The quantitative estimate of drug-likeness (QED) is 0.376. The number of carbonyl (C=O) groups is 1. The summed E-state index contributed by atoms with van der Waals surface area (Å²) < 4.78 is 27.6. The lowest BCUT2D eigenvalue weighted by atomic mass is 9.84. The minimum Gasteiger partial charge on any atom is -0.497 e. The van der Waals surface area contributed by atoms with Crippen LogP contribution in [0.1, 0.15) is 45.1 Å². The van der Waals surface area contributed by atoms with Crippen molar-refractivity contribution >= 4 is 5.91 Å². The number of rotatable bonds is 12. The van der Waals surface area contributed by atoms with Gasteiger partial charge in [-0.25, -0.2) is 9.37 Å². The molecule has 8 heteroatoms. The van der Waals surface area contributed by atoms with Crippen molar-refractivity contribution in [3.05, 3.63) is 72.2 Å². The highest BCUT2D eigenvalue weighted by atomic mass is 19.1. The van der Waals surface area contributed by atoms with Gasteiger partial charge in [-0.15, -0.1) is 0 Å². The highest BCUT2D eigenvalue weighted by Crippen LogP contribution is 2.39. The van der Waals surface area contributed by atoms with Gasteiger partial charge in [-0.05, 0) is 30.0 Å². The molecule has 0 spiro atoms. The van der Waals surface area contributed by atoms with Crippen LogP contribution in [0.5, 0.6) is 5.75 Å². The van der Waals surface area contributed by atoms with Crippen LogP contribution in [0.4, 0.5) is 4.39 Å². The third kappa shape index (κ3) is 7.40. The maximum absolute atomic E-state index is 14.7. The Morgan fingerprint density at radius 2 is 1.89 bits per heavy atom. The van der Waals surface area contributed by atoms with Gasteiger partial charge in [0.1, 0.15) is 24.4 Å². The Kier molecular flexibility index (Phi) is 9.83. The molecule has 3 aromatic rings. The lowest BCUT2D eigenvalue weighted by molar-refractivity contribution is -0.142. The molecule has 2 aromatic carbocycles. The lowest BCUT2D eigenvalue weighted by Gasteiger charge is -2.40. The SMILES string of the molecule is CCOCC(=O)N(C[C@H](F)CN)[C@@H](c1nc(-c2cccc(OC)c2)cn1Cc1ccccc1)C(C)(C)C. The van der Waals surface area contributed by atoms with Gasteiger partial charge in [-0.2, -0.15) is 0 Å². The molecule has 0 saturated carbocycles. The van der Waals surface area contributed by atoms with Gasteiger partial charge in [-0.1, -0.05) is 63.2 Å². The maximum atomic E-state index is 14.7.